The van der Waals surface area contributed by atoms with Gasteiger partial charge in [-0.1, -0.05) is 6.08 Å². The molecule has 5 nitrogen and oxygen atoms in total. The van der Waals surface area contributed by atoms with Crippen molar-refractivity contribution in [3.8, 4) is 0 Å². The van der Waals surface area contributed by atoms with Crippen molar-refractivity contribution in [1.82, 2.24) is 10.6 Å². The third-order valence-electron chi connectivity index (χ3n) is 1.43. The fourth-order valence-corrected chi connectivity index (χ4v) is 0.833. The Balaban J connectivity index is 3.29. The van der Waals surface area contributed by atoms with E-state index in [9.17, 15) is 9.59 Å². The van der Waals surface area contributed by atoms with Crippen LogP contribution >= 0.6 is 0 Å². The van der Waals surface area contributed by atoms with Gasteiger partial charge < -0.3 is 15.7 Å². The molecule has 0 radical (unpaired) electrons. The van der Waals surface area contributed by atoms with E-state index in [2.05, 4.69) is 10.6 Å². The van der Waals surface area contributed by atoms with Crippen LogP contribution in [-0.2, 0) is 9.59 Å². The fraction of sp³-hybridized carbons (Fsp3) is 0.556. The lowest BCUT2D eigenvalue weighted by Gasteiger charge is -2.01. The highest BCUT2D eigenvalue weighted by molar-refractivity contribution is 5.79. The highest BCUT2D eigenvalue weighted by Gasteiger charge is 1.96. The molecular formula is C9H16N2O3. The van der Waals surface area contributed by atoms with Crippen molar-refractivity contribution in [1.29, 1.82) is 0 Å². The van der Waals surface area contributed by atoms with E-state index < -0.39 is 5.97 Å². The van der Waals surface area contributed by atoms with E-state index in [1.165, 1.54) is 6.08 Å². The maximum absolute atomic E-state index is 10.9. The molecule has 0 unspecified atom stereocenters. The molecular weight excluding hydrogens is 184 g/mol. The number of carbonyl (C=O) groups excluding carboxylic acids is 1. The van der Waals surface area contributed by atoms with E-state index >= 15 is 0 Å². The highest BCUT2D eigenvalue weighted by Crippen LogP contribution is 1.77. The molecule has 1 amide bonds. The summed E-state index contributed by atoms with van der Waals surface area (Å²) in [7, 11) is 0. The topological polar surface area (TPSA) is 78.4 Å². The van der Waals surface area contributed by atoms with Crippen molar-refractivity contribution in [2.45, 2.75) is 13.3 Å². The summed E-state index contributed by atoms with van der Waals surface area (Å²) in [6.45, 7) is 3.51. The maximum Gasteiger partial charge on any atom is 0.328 e. The monoisotopic (exact) mass is 200 g/mol. The number of carbonyl (C=O) groups is 2. The molecule has 3 N–H and O–H groups in total. The van der Waals surface area contributed by atoms with Crippen LogP contribution in [0, 0.1) is 0 Å². The molecule has 0 fully saturated rings. The molecule has 0 saturated heterocycles. The number of hydrogen-bond acceptors (Lipinski definition) is 3. The number of carboxylic acids is 1. The van der Waals surface area contributed by atoms with E-state index in [1.54, 1.807) is 0 Å². The third kappa shape index (κ3) is 8.73. The normalized spacial score (nSPS) is 10.4. The summed E-state index contributed by atoms with van der Waals surface area (Å²) < 4.78 is 0. The van der Waals surface area contributed by atoms with Crippen LogP contribution in [0.2, 0.25) is 0 Å². The van der Waals surface area contributed by atoms with Crippen LogP contribution in [0.25, 0.3) is 0 Å². The van der Waals surface area contributed by atoms with Crippen LogP contribution < -0.4 is 10.6 Å². The first-order chi connectivity index (χ1) is 6.66. The van der Waals surface area contributed by atoms with Crippen molar-refractivity contribution >= 4 is 11.9 Å². The zero-order valence-corrected chi connectivity index (χ0v) is 8.25. The smallest absolute Gasteiger partial charge is 0.328 e. The fourth-order valence-electron chi connectivity index (χ4n) is 0.833. The number of nitrogens with one attached hydrogen (secondary N) is 2. The summed E-state index contributed by atoms with van der Waals surface area (Å²) in [6.07, 6.45) is 2.98. The minimum absolute atomic E-state index is 0.00205. The molecule has 14 heavy (non-hydrogen) atoms. The number of rotatable bonds is 7. The molecule has 0 atom stereocenters. The molecule has 0 spiro atoms. The molecule has 0 aromatic rings. The van der Waals surface area contributed by atoms with Gasteiger partial charge in [-0.25, -0.2) is 4.79 Å². The van der Waals surface area contributed by atoms with Crippen LogP contribution in [0.5, 0.6) is 0 Å². The SMILES string of the molecule is CCNC(=O)CCNC/C=C/C(=O)O. The molecule has 0 aromatic carbocycles. The van der Waals surface area contributed by atoms with Gasteiger partial charge >= 0.3 is 5.97 Å². The molecule has 0 bridgehead atoms. The zero-order chi connectivity index (χ0) is 10.8. The molecule has 0 aliphatic rings. The van der Waals surface area contributed by atoms with Crippen molar-refractivity contribution in [2.24, 2.45) is 0 Å². The van der Waals surface area contributed by atoms with Gasteiger partial charge in [-0.15, -0.1) is 0 Å². The Labute approximate surface area is 83.2 Å². The Morgan fingerprint density at radius 3 is 2.71 bits per heavy atom. The third-order valence-corrected chi connectivity index (χ3v) is 1.43. The average molecular weight is 200 g/mol. The predicted octanol–water partition coefficient (Wildman–Crippen LogP) is -0.257. The lowest BCUT2D eigenvalue weighted by atomic mass is 10.4. The van der Waals surface area contributed by atoms with E-state index in [4.69, 9.17) is 5.11 Å². The predicted molar refractivity (Wildman–Crippen MR) is 52.9 cm³/mol. The number of amides is 1. The first-order valence-electron chi connectivity index (χ1n) is 4.53. The minimum atomic E-state index is -0.962. The Morgan fingerprint density at radius 2 is 2.14 bits per heavy atom. The van der Waals surface area contributed by atoms with Gasteiger partial charge in [0.05, 0.1) is 0 Å². The van der Waals surface area contributed by atoms with Crippen LogP contribution in [0.4, 0.5) is 0 Å². The standard InChI is InChI=1S/C9H16N2O3/c1-2-11-8(12)5-7-10-6-3-4-9(13)14/h3-4,10H,2,5-7H2,1H3,(H,11,12)(H,13,14)/b4-3+. The van der Waals surface area contributed by atoms with Gasteiger partial charge in [-0.2, -0.15) is 0 Å². The first-order valence-corrected chi connectivity index (χ1v) is 4.53. The summed E-state index contributed by atoms with van der Waals surface area (Å²) in [6, 6.07) is 0. The molecule has 0 aromatic heterocycles. The molecule has 0 aliphatic carbocycles. The molecule has 0 aliphatic heterocycles. The second-order valence-corrected chi connectivity index (χ2v) is 2.65. The average Bonchev–Trinajstić information content (AvgIpc) is 2.11. The molecule has 0 rings (SSSR count). The lowest BCUT2D eigenvalue weighted by molar-refractivity contribution is -0.131. The quantitative estimate of drug-likeness (QED) is 0.391. The molecule has 5 heteroatoms. The Morgan fingerprint density at radius 1 is 1.43 bits per heavy atom. The van der Waals surface area contributed by atoms with Crippen molar-refractivity contribution in [3.63, 3.8) is 0 Å². The van der Waals surface area contributed by atoms with Crippen LogP contribution in [0.15, 0.2) is 12.2 Å². The number of carboxylic acid groups (broad SMARTS) is 1. The summed E-state index contributed by atoms with van der Waals surface area (Å²) in [5.41, 5.74) is 0. The summed E-state index contributed by atoms with van der Waals surface area (Å²) in [5, 5.41) is 13.8. The van der Waals surface area contributed by atoms with Crippen LogP contribution in [0.3, 0.4) is 0 Å². The zero-order valence-electron chi connectivity index (χ0n) is 8.25. The van der Waals surface area contributed by atoms with Crippen molar-refractivity contribution < 1.29 is 14.7 Å². The summed E-state index contributed by atoms with van der Waals surface area (Å²) >= 11 is 0. The Kier molecular flexibility index (Phi) is 7.45. The molecule has 0 saturated carbocycles. The van der Waals surface area contributed by atoms with Gasteiger partial charge in [0.1, 0.15) is 0 Å². The molecule has 0 heterocycles. The van der Waals surface area contributed by atoms with E-state index in [-0.39, 0.29) is 5.91 Å². The Hall–Kier alpha value is -1.36. The summed E-state index contributed by atoms with van der Waals surface area (Å²) in [5.74, 6) is -0.960. The van der Waals surface area contributed by atoms with Gasteiger partial charge in [0.25, 0.3) is 0 Å². The van der Waals surface area contributed by atoms with Crippen LogP contribution in [-0.4, -0.2) is 36.6 Å². The number of aliphatic carboxylic acids is 1. The van der Waals surface area contributed by atoms with Gasteiger partial charge in [0.15, 0.2) is 0 Å². The largest absolute Gasteiger partial charge is 0.478 e. The van der Waals surface area contributed by atoms with Crippen molar-refractivity contribution in [3.05, 3.63) is 12.2 Å². The number of hydrogen-bond donors (Lipinski definition) is 3. The van der Waals surface area contributed by atoms with Gasteiger partial charge in [-0.05, 0) is 6.92 Å². The highest BCUT2D eigenvalue weighted by atomic mass is 16.4. The van der Waals surface area contributed by atoms with E-state index in [1.807, 2.05) is 6.92 Å². The maximum atomic E-state index is 10.9. The first kappa shape index (κ1) is 12.6. The second kappa shape index (κ2) is 8.25. The Bertz CT molecular complexity index is 214. The summed E-state index contributed by atoms with van der Waals surface area (Å²) in [4.78, 5) is 21.0. The minimum Gasteiger partial charge on any atom is -0.478 e. The van der Waals surface area contributed by atoms with Crippen molar-refractivity contribution in [2.75, 3.05) is 19.6 Å². The van der Waals surface area contributed by atoms with Crippen LogP contribution in [0.1, 0.15) is 13.3 Å². The van der Waals surface area contributed by atoms with Gasteiger partial charge in [-0.3, -0.25) is 4.79 Å². The second-order valence-electron chi connectivity index (χ2n) is 2.65. The van der Waals surface area contributed by atoms with E-state index in [0.717, 1.165) is 6.08 Å². The molecule has 80 valence electrons. The van der Waals surface area contributed by atoms with E-state index in [0.29, 0.717) is 26.1 Å². The van der Waals surface area contributed by atoms with Gasteiger partial charge in [0.2, 0.25) is 5.91 Å². The van der Waals surface area contributed by atoms with Gasteiger partial charge in [0, 0.05) is 32.1 Å². The lowest BCUT2D eigenvalue weighted by Crippen LogP contribution is -2.27.